The molecule has 0 spiro atoms. The molecule has 0 saturated carbocycles. The average molecular weight is 521 g/mol. The molecule has 0 radical (unpaired) electrons. The summed E-state index contributed by atoms with van der Waals surface area (Å²) < 4.78 is 71.1. The molecular formula is C25H24F5N5O2. The highest BCUT2D eigenvalue weighted by atomic mass is 19.3. The van der Waals surface area contributed by atoms with Crippen molar-refractivity contribution < 1.29 is 26.7 Å². The second-order valence-electron chi connectivity index (χ2n) is 8.90. The van der Waals surface area contributed by atoms with Gasteiger partial charge in [0.25, 0.3) is 18.4 Å². The van der Waals surface area contributed by atoms with Gasteiger partial charge in [-0.3, -0.25) is 9.59 Å². The van der Waals surface area contributed by atoms with Gasteiger partial charge in [-0.15, -0.1) is 6.58 Å². The van der Waals surface area contributed by atoms with Crippen molar-refractivity contribution in [3.8, 4) is 0 Å². The van der Waals surface area contributed by atoms with Crippen molar-refractivity contribution >= 4 is 22.6 Å². The van der Waals surface area contributed by atoms with Crippen LogP contribution in [0.5, 0.6) is 0 Å². The number of carbonyl (C=O) groups is 1. The molecule has 2 unspecified atom stereocenters. The summed E-state index contributed by atoms with van der Waals surface area (Å²) >= 11 is 0. The van der Waals surface area contributed by atoms with Gasteiger partial charge in [0.15, 0.2) is 0 Å². The summed E-state index contributed by atoms with van der Waals surface area (Å²) in [5, 5.41) is 3.09. The fraction of sp³-hybridized carbons (Fsp3) is 0.360. The molecule has 7 nitrogen and oxygen atoms in total. The van der Waals surface area contributed by atoms with Crippen molar-refractivity contribution in [1.29, 1.82) is 0 Å². The third-order valence-electron chi connectivity index (χ3n) is 6.61. The number of benzene rings is 1. The molecule has 1 fully saturated rings. The molecule has 196 valence electrons. The predicted molar refractivity (Wildman–Crippen MR) is 127 cm³/mol. The Labute approximate surface area is 208 Å². The molecule has 1 aliphatic rings. The van der Waals surface area contributed by atoms with Gasteiger partial charge >= 0.3 is 0 Å². The van der Waals surface area contributed by atoms with Crippen LogP contribution < -0.4 is 10.9 Å². The number of halogens is 5. The molecule has 1 aromatic carbocycles. The van der Waals surface area contributed by atoms with Gasteiger partial charge < -0.3 is 14.8 Å². The average Bonchev–Trinajstić information content (AvgIpc) is 3.29. The van der Waals surface area contributed by atoms with Gasteiger partial charge in [0.1, 0.15) is 23.0 Å². The van der Waals surface area contributed by atoms with Crippen LogP contribution in [-0.2, 0) is 10.3 Å². The number of anilines is 1. The zero-order valence-corrected chi connectivity index (χ0v) is 20.0. The Morgan fingerprint density at radius 1 is 1.22 bits per heavy atom. The van der Waals surface area contributed by atoms with E-state index < -0.39 is 41.4 Å². The third kappa shape index (κ3) is 4.67. The van der Waals surface area contributed by atoms with Gasteiger partial charge in [0.2, 0.25) is 5.91 Å². The lowest BCUT2D eigenvalue weighted by atomic mass is 9.98. The highest BCUT2D eigenvalue weighted by molar-refractivity contribution is 5.88. The van der Waals surface area contributed by atoms with Crippen molar-refractivity contribution in [2.24, 2.45) is 0 Å². The lowest BCUT2D eigenvalue weighted by molar-refractivity contribution is -0.128. The van der Waals surface area contributed by atoms with Gasteiger partial charge in [0, 0.05) is 37.8 Å². The molecule has 37 heavy (non-hydrogen) atoms. The van der Waals surface area contributed by atoms with E-state index in [-0.39, 0.29) is 53.5 Å². The number of amides is 1. The van der Waals surface area contributed by atoms with Crippen LogP contribution in [0.25, 0.3) is 10.9 Å². The maximum Gasteiger partial charge on any atom is 0.266 e. The van der Waals surface area contributed by atoms with Crippen LogP contribution in [0, 0.1) is 12.7 Å². The largest absolute Gasteiger partial charge is 0.359 e. The zero-order valence-electron chi connectivity index (χ0n) is 20.0. The Morgan fingerprint density at radius 2 is 1.92 bits per heavy atom. The number of hydrogen-bond donors (Lipinski definition) is 1. The minimum absolute atomic E-state index is 0.0535. The van der Waals surface area contributed by atoms with Crippen LogP contribution in [-0.4, -0.2) is 44.9 Å². The maximum absolute atomic E-state index is 14.9. The van der Waals surface area contributed by atoms with E-state index in [0.717, 1.165) is 16.7 Å². The van der Waals surface area contributed by atoms with Gasteiger partial charge in [-0.05, 0) is 13.3 Å². The first-order chi connectivity index (χ1) is 17.5. The van der Waals surface area contributed by atoms with Crippen molar-refractivity contribution in [1.82, 2.24) is 19.4 Å². The molecule has 2 aromatic heterocycles. The van der Waals surface area contributed by atoms with Crippen LogP contribution in [0.3, 0.4) is 0 Å². The maximum atomic E-state index is 14.9. The number of alkyl halides is 4. The minimum Gasteiger partial charge on any atom is -0.359 e. The Morgan fingerprint density at radius 3 is 2.51 bits per heavy atom. The highest BCUT2D eigenvalue weighted by Gasteiger charge is 2.49. The van der Waals surface area contributed by atoms with E-state index in [1.54, 1.807) is 6.92 Å². The summed E-state index contributed by atoms with van der Waals surface area (Å²) in [6.45, 7) is 6.15. The summed E-state index contributed by atoms with van der Waals surface area (Å²) in [6, 6.07) is 3.64. The minimum atomic E-state index is -3.03. The number of pyridine rings is 1. The Balaban J connectivity index is 1.85. The normalized spacial score (nSPS) is 18.6. The predicted octanol–water partition coefficient (Wildman–Crippen LogP) is 4.73. The quantitative estimate of drug-likeness (QED) is 0.359. The van der Waals surface area contributed by atoms with Crippen molar-refractivity contribution in [2.45, 2.75) is 44.7 Å². The fourth-order valence-electron chi connectivity index (χ4n) is 4.63. The molecule has 12 heteroatoms. The van der Waals surface area contributed by atoms with E-state index in [2.05, 4.69) is 21.9 Å². The molecule has 3 heterocycles. The van der Waals surface area contributed by atoms with Crippen LogP contribution in [0.4, 0.5) is 27.8 Å². The summed E-state index contributed by atoms with van der Waals surface area (Å²) in [4.78, 5) is 34.6. The molecule has 0 bridgehead atoms. The van der Waals surface area contributed by atoms with Crippen LogP contribution in [0.15, 0.2) is 47.9 Å². The van der Waals surface area contributed by atoms with Crippen molar-refractivity contribution in [3.05, 3.63) is 76.2 Å². The molecular weight excluding hydrogens is 497 g/mol. The number of carbonyl (C=O) groups excluding carboxylic acids is 1. The van der Waals surface area contributed by atoms with E-state index in [0.29, 0.717) is 0 Å². The molecule has 1 aliphatic heterocycles. The second kappa shape index (κ2) is 9.91. The third-order valence-corrected chi connectivity index (χ3v) is 6.61. The molecule has 1 N–H and O–H groups in total. The first-order valence-corrected chi connectivity index (χ1v) is 11.4. The smallest absolute Gasteiger partial charge is 0.266 e. The number of aromatic nitrogens is 3. The van der Waals surface area contributed by atoms with Gasteiger partial charge in [-0.2, -0.15) is 0 Å². The van der Waals surface area contributed by atoms with Crippen LogP contribution >= 0.6 is 0 Å². The van der Waals surface area contributed by atoms with Crippen LogP contribution in [0.2, 0.25) is 0 Å². The molecule has 2 atom stereocenters. The Kier molecular flexibility index (Phi) is 7.03. The summed E-state index contributed by atoms with van der Waals surface area (Å²) in [5.74, 6) is -1.22. The monoisotopic (exact) mass is 521 g/mol. The number of aryl methyl sites for hydroxylation is 1. The standard InChI is InChI=1S/C25H24F5N5O2/c1-4-18(15-6-5-7-16(21(15)26)22(27)28)33-23-17-11-35(20(37)10-19(17)31-13(2)32-23)25(24(29)30)8-9-34(12-25)14(3)36/h4-7,10-11,18,22,24H,1,8-9,12H2,2-3H3,(H,31,32,33). The van der Waals surface area contributed by atoms with E-state index in [1.807, 2.05) is 0 Å². The number of likely N-dealkylation sites (tertiary alicyclic amines) is 1. The van der Waals surface area contributed by atoms with E-state index in [9.17, 15) is 31.5 Å². The number of nitrogens with zero attached hydrogens (tertiary/aromatic N) is 4. The highest BCUT2D eigenvalue weighted by Crippen LogP contribution is 2.36. The summed E-state index contributed by atoms with van der Waals surface area (Å²) in [5.41, 5.74) is -3.46. The van der Waals surface area contributed by atoms with E-state index >= 15 is 0 Å². The Hall–Kier alpha value is -3.83. The molecule has 3 aromatic rings. The van der Waals surface area contributed by atoms with Gasteiger partial charge in [0.05, 0.1) is 22.5 Å². The number of fused-ring (bicyclic) bond motifs is 1. The molecule has 1 saturated heterocycles. The van der Waals surface area contributed by atoms with Crippen molar-refractivity contribution in [3.63, 3.8) is 0 Å². The van der Waals surface area contributed by atoms with Gasteiger partial charge in [-0.1, -0.05) is 24.3 Å². The lowest BCUT2D eigenvalue weighted by Gasteiger charge is -2.31. The second-order valence-corrected chi connectivity index (χ2v) is 8.90. The first kappa shape index (κ1) is 26.2. The van der Waals surface area contributed by atoms with Crippen LogP contribution in [0.1, 0.15) is 42.8 Å². The molecule has 0 aliphatic carbocycles. The van der Waals surface area contributed by atoms with Crippen molar-refractivity contribution in [2.75, 3.05) is 18.4 Å². The summed E-state index contributed by atoms with van der Waals surface area (Å²) in [7, 11) is 0. The topological polar surface area (TPSA) is 80.1 Å². The fourth-order valence-corrected chi connectivity index (χ4v) is 4.63. The molecule has 1 amide bonds. The van der Waals surface area contributed by atoms with E-state index in [4.69, 9.17) is 0 Å². The lowest BCUT2D eigenvalue weighted by Crippen LogP contribution is -2.48. The zero-order chi connectivity index (χ0) is 27.1. The SMILES string of the molecule is C=CC(Nc1nc(C)nc2cc(=O)n(C3(C(F)F)CCN(C(C)=O)C3)cc12)c1cccc(C(F)F)c1F. The first-order valence-electron chi connectivity index (χ1n) is 11.4. The summed E-state index contributed by atoms with van der Waals surface area (Å²) in [6.07, 6.45) is -3.67. The number of hydrogen-bond acceptors (Lipinski definition) is 5. The number of nitrogens with one attached hydrogen (secondary N) is 1. The van der Waals surface area contributed by atoms with E-state index in [1.165, 1.54) is 36.2 Å². The number of rotatable bonds is 7. The van der Waals surface area contributed by atoms with Gasteiger partial charge in [-0.25, -0.2) is 31.9 Å². The molecule has 4 rings (SSSR count). The Bertz CT molecular complexity index is 1430.